The molecule has 0 spiro atoms. The number of hydrogen-bond acceptors (Lipinski definition) is 32. The monoisotopic (exact) mass is 1410 g/mol. The van der Waals surface area contributed by atoms with Crippen LogP contribution >= 0.6 is 36.1 Å². The van der Waals surface area contributed by atoms with Crippen molar-refractivity contribution in [2.24, 2.45) is 25.6 Å². The number of phenols is 2. The molecule has 0 saturated heterocycles. The third-order valence-corrected chi connectivity index (χ3v) is 18.6. The zero-order valence-corrected chi connectivity index (χ0v) is 50.8. The molecule has 0 unspecified atom stereocenters. The Kier molecular flexibility index (Phi) is 20.9. The van der Waals surface area contributed by atoms with Crippen LogP contribution in [0.4, 0.5) is 45.5 Å². The van der Waals surface area contributed by atoms with Gasteiger partial charge in [0.25, 0.3) is 50.6 Å². The summed E-state index contributed by atoms with van der Waals surface area (Å²) in [6, 6.07) is 19.0. The van der Waals surface area contributed by atoms with E-state index in [-0.39, 0.29) is 93.1 Å². The Morgan fingerprint density at radius 3 is 1.29 bits per heavy atom. The number of fused-ring (bicyclic) bond motifs is 2. The Labute approximate surface area is 523 Å². The summed E-state index contributed by atoms with van der Waals surface area (Å²) in [6.45, 7) is 0. The predicted molar refractivity (Wildman–Crippen MR) is 318 cm³/mol. The van der Waals surface area contributed by atoms with Crippen LogP contribution in [0.5, 0.6) is 11.5 Å². The molecule has 43 heteroatoms. The second kappa shape index (κ2) is 27.7. The molecule has 0 atom stereocenters. The average Bonchev–Trinajstić information content (AvgIpc) is 0.773. The van der Waals surface area contributed by atoms with Crippen molar-refractivity contribution in [1.82, 2.24) is 0 Å². The van der Waals surface area contributed by atoms with E-state index in [0.717, 1.165) is 78.9 Å². The molecule has 0 aromatic heterocycles. The Morgan fingerprint density at radius 1 is 0.418 bits per heavy atom. The average molecular weight is 1410 g/mol. The van der Waals surface area contributed by atoms with Gasteiger partial charge in [-0.25, -0.2) is 15.8 Å². The Morgan fingerprint density at radius 2 is 0.802 bits per heavy atom. The smallest absolute Gasteiger partial charge is 0.296 e. The van der Waals surface area contributed by atoms with Crippen LogP contribution in [-0.2, 0) is 78.7 Å². The molecule has 14 N–H and O–H groups in total. The van der Waals surface area contributed by atoms with Gasteiger partial charge in [-0.05, 0) is 101 Å². The van der Waals surface area contributed by atoms with Crippen LogP contribution in [0.15, 0.2) is 174 Å². The lowest BCUT2D eigenvalue weighted by molar-refractivity contribution is -0.435. The van der Waals surface area contributed by atoms with Crippen molar-refractivity contribution in [3.05, 3.63) is 137 Å². The standard InChI is InChI=1S/C48H36N8O27S8/c49-33-13-15-38(87(63,64)65)31-21-37(86-83-80-62)45(47(57)43(31)33)53-51-27-9-5-23(35(17-27)84-81-78-60)1-3-26-7-11-29(19-41(26)90(72,73)74)55-56(59)30-12-8-24(36(20-30)85-82-79-61)2-4-25-6-10-28(18-40(25)89(69,70)71)52-54-46-42(91(75,76)77)22-32-39(88(66,67)68)16-14-34(50)44(32)48(46)58/h1-22,57-58,60-62H,49-50H2,(H,63,64,65)(H,66,67,68)(H,69,70,71)(H,72,73,74)(H,75,76,77)/b3-1+,4-2+,53-51?,54-52?,56-55?. The van der Waals surface area contributed by atoms with Gasteiger partial charge >= 0.3 is 0 Å². The molecular formula is C48H36N8O27S8. The van der Waals surface area contributed by atoms with Crippen LogP contribution in [0.2, 0.25) is 0 Å². The second-order valence-corrected chi connectivity index (χ2v) is 26.9. The molecule has 0 radical (unpaired) electrons. The Balaban J connectivity index is 1.07. The van der Waals surface area contributed by atoms with E-state index in [1.54, 1.807) is 0 Å². The van der Waals surface area contributed by atoms with Gasteiger partial charge in [-0.15, -0.1) is 23.2 Å². The number of aromatic hydroxyl groups is 2. The van der Waals surface area contributed by atoms with Crippen LogP contribution in [0, 0.1) is 5.21 Å². The van der Waals surface area contributed by atoms with Gasteiger partial charge in [-0.2, -0.15) is 52.3 Å². The number of benzene rings is 8. The number of phenolic OH excluding ortho intramolecular Hbond substituents is 2. The first-order valence-corrected chi connectivity index (χ1v) is 33.1. The van der Waals surface area contributed by atoms with Crippen LogP contribution in [0.3, 0.4) is 0 Å². The number of anilines is 2. The molecular weight excluding hydrogens is 1380 g/mol. The SMILES string of the molecule is Nc1ccc(S(=O)(=O)O)c2cc(SOOO)c(N=Nc3ccc(/C=C/c4ccc(N=[N+]([O-])c5ccc(/C=C/c6ccc(N=Nc7c(S(=O)(=O)O)cc8c(S(=O)(=O)O)ccc(N)c8c7O)cc6S(=O)(=O)O)c(SOOO)c5)cc4S(=O)(=O)O)c(SOOO)c3)c(O)c12. The van der Waals surface area contributed by atoms with Gasteiger partial charge in [0.1, 0.15) is 41.5 Å². The predicted octanol–water partition coefficient (Wildman–Crippen LogP) is 11.2. The summed E-state index contributed by atoms with van der Waals surface area (Å²) in [7, 11) is -25.6. The van der Waals surface area contributed by atoms with E-state index in [2.05, 4.69) is 53.7 Å². The first-order chi connectivity index (χ1) is 42.7. The summed E-state index contributed by atoms with van der Waals surface area (Å²) in [4.78, 5) is -4.63. The minimum Gasteiger partial charge on any atom is -0.594 e. The fraction of sp³-hybridized carbons (Fsp3) is 0. The van der Waals surface area contributed by atoms with Gasteiger partial charge in [-0.1, -0.05) is 62.5 Å². The molecule has 0 saturated carbocycles. The topological polar surface area (TPSA) is 568 Å². The zero-order valence-electron chi connectivity index (χ0n) is 44.2. The van der Waals surface area contributed by atoms with Gasteiger partial charge in [0.05, 0.1) is 68.1 Å². The summed E-state index contributed by atoms with van der Waals surface area (Å²) >= 11 is 0.934. The fourth-order valence-electron chi connectivity index (χ4n) is 8.25. The normalized spacial score (nSPS) is 13.1. The molecule has 478 valence electrons. The van der Waals surface area contributed by atoms with Crippen molar-refractivity contribution in [1.29, 1.82) is 0 Å². The lowest BCUT2D eigenvalue weighted by atomic mass is 10.1. The number of rotatable bonds is 24. The van der Waals surface area contributed by atoms with Crippen molar-refractivity contribution in [3.8, 4) is 11.5 Å². The number of nitrogen functional groups attached to an aromatic ring is 2. The van der Waals surface area contributed by atoms with Crippen LogP contribution in [0.25, 0.3) is 45.8 Å². The van der Waals surface area contributed by atoms with Crippen molar-refractivity contribution in [3.63, 3.8) is 0 Å². The van der Waals surface area contributed by atoms with E-state index >= 15 is 0 Å². The Bertz CT molecular complexity index is 5020. The van der Waals surface area contributed by atoms with Crippen molar-refractivity contribution in [2.45, 2.75) is 39.2 Å². The Hall–Kier alpha value is -8.20. The van der Waals surface area contributed by atoms with Gasteiger partial charge in [0.2, 0.25) is 5.69 Å². The summed E-state index contributed by atoms with van der Waals surface area (Å²) in [5.41, 5.74) is 8.75. The maximum absolute atomic E-state index is 13.5. The molecule has 0 heterocycles. The quantitative estimate of drug-likeness (QED) is 0.00391. The van der Waals surface area contributed by atoms with Gasteiger partial charge in [0.15, 0.2) is 11.5 Å². The third-order valence-electron chi connectivity index (χ3n) is 12.1. The van der Waals surface area contributed by atoms with E-state index in [1.165, 1.54) is 48.6 Å². The molecule has 0 aliphatic rings. The highest BCUT2D eigenvalue weighted by atomic mass is 32.2. The largest absolute Gasteiger partial charge is 0.594 e. The fourth-order valence-corrected chi connectivity index (χ4v) is 13.2. The van der Waals surface area contributed by atoms with Gasteiger partial charge in [0, 0.05) is 44.3 Å². The molecule has 8 rings (SSSR count). The summed E-state index contributed by atoms with van der Waals surface area (Å²) in [5, 5.41) is 91.2. The molecule has 0 fully saturated rings. The maximum atomic E-state index is 13.5. The minimum absolute atomic E-state index is 0.00105. The van der Waals surface area contributed by atoms with Crippen LogP contribution in [-0.4, -0.2) is 95.7 Å². The van der Waals surface area contributed by atoms with E-state index in [1.807, 2.05) is 0 Å². The molecule has 0 bridgehead atoms. The van der Waals surface area contributed by atoms with E-state index in [9.17, 15) is 80.3 Å². The maximum Gasteiger partial charge on any atom is 0.296 e. The summed E-state index contributed by atoms with van der Waals surface area (Å²) in [5.74, 6) is -1.90. The second-order valence-electron chi connectivity index (χ2n) is 17.7. The molecule has 8 aromatic rings. The lowest BCUT2D eigenvalue weighted by Crippen LogP contribution is -2.04. The van der Waals surface area contributed by atoms with E-state index < -0.39 is 114 Å². The molecule has 8 aromatic carbocycles. The molecule has 35 nitrogen and oxygen atoms in total. The summed E-state index contributed by atoms with van der Waals surface area (Å²) in [6.07, 6.45) is 4.83. The molecule has 0 aliphatic carbocycles. The van der Waals surface area contributed by atoms with Crippen molar-refractivity contribution < 1.29 is 124 Å². The van der Waals surface area contributed by atoms with Crippen molar-refractivity contribution in [2.75, 3.05) is 11.5 Å². The van der Waals surface area contributed by atoms with Gasteiger partial charge < -0.3 is 26.9 Å². The number of nitrogens with two attached hydrogens (primary N) is 2. The van der Waals surface area contributed by atoms with Crippen LogP contribution in [0.1, 0.15) is 22.3 Å². The summed E-state index contributed by atoms with van der Waals surface area (Å²) < 4.78 is 188. The first kappa shape index (κ1) is 68.7. The first-order valence-electron chi connectivity index (χ1n) is 23.7. The minimum atomic E-state index is -5.37. The number of azo groups is 3. The lowest BCUT2D eigenvalue weighted by Gasteiger charge is -2.13. The van der Waals surface area contributed by atoms with Gasteiger partial charge in [-0.3, -0.25) is 22.8 Å². The number of nitrogens with zero attached hydrogens (tertiary/aromatic N) is 6. The highest BCUT2D eigenvalue weighted by molar-refractivity contribution is 7.95. The zero-order chi connectivity index (χ0) is 66.5. The highest BCUT2D eigenvalue weighted by Crippen LogP contribution is 2.49. The van der Waals surface area contributed by atoms with Crippen LogP contribution < -0.4 is 11.5 Å². The molecule has 0 amide bonds. The van der Waals surface area contributed by atoms with E-state index in [4.69, 9.17) is 27.2 Å². The van der Waals surface area contributed by atoms with Crippen molar-refractivity contribution >= 4 is 178 Å². The molecule has 0 aliphatic heterocycles. The number of hydrogen-bond donors (Lipinski definition) is 12. The van der Waals surface area contributed by atoms with E-state index in [0.29, 0.717) is 30.2 Å². The molecule has 91 heavy (non-hydrogen) atoms. The third kappa shape index (κ3) is 16.1. The highest BCUT2D eigenvalue weighted by Gasteiger charge is 2.28.